The summed E-state index contributed by atoms with van der Waals surface area (Å²) in [5.41, 5.74) is -0.935. The van der Waals surface area contributed by atoms with Crippen molar-refractivity contribution >= 4 is 11.9 Å². The van der Waals surface area contributed by atoms with Gasteiger partial charge in [-0.15, -0.1) is 0 Å². The molecule has 0 saturated carbocycles. The Labute approximate surface area is 112 Å². The second-order valence-corrected chi connectivity index (χ2v) is 4.58. The summed E-state index contributed by atoms with van der Waals surface area (Å²) in [4.78, 5) is 22.3. The molecule has 2 unspecified atom stereocenters. The molecule has 0 aromatic carbocycles. The van der Waals surface area contributed by atoms with Crippen LogP contribution in [0, 0.1) is 5.41 Å². The molecule has 0 aliphatic rings. The fraction of sp³-hybridized carbons (Fsp3) is 0.833. The van der Waals surface area contributed by atoms with Crippen molar-refractivity contribution in [1.82, 2.24) is 0 Å². The molecule has 0 aliphatic carbocycles. The molecule has 112 valence electrons. The van der Waals surface area contributed by atoms with Crippen molar-refractivity contribution in [3.63, 3.8) is 0 Å². The van der Waals surface area contributed by atoms with E-state index in [0.29, 0.717) is 6.42 Å². The van der Waals surface area contributed by atoms with E-state index in [1.165, 1.54) is 13.8 Å². The van der Waals surface area contributed by atoms with E-state index in [9.17, 15) is 14.7 Å². The molecular weight excluding hydrogens is 256 g/mol. The minimum atomic E-state index is -1.26. The van der Waals surface area contributed by atoms with E-state index in [1.54, 1.807) is 6.92 Å². The highest BCUT2D eigenvalue weighted by atomic mass is 16.6. The Kier molecular flexibility index (Phi) is 7.58. The smallest absolute Gasteiger partial charge is 0.334 e. The number of ether oxygens (including phenoxy) is 2. The van der Waals surface area contributed by atoms with E-state index in [-0.39, 0.29) is 19.8 Å². The highest BCUT2D eigenvalue weighted by molar-refractivity contribution is 5.74. The molecule has 0 aromatic rings. The first kappa shape index (κ1) is 17.8. The molecule has 0 spiro atoms. The van der Waals surface area contributed by atoms with Gasteiger partial charge in [-0.3, -0.25) is 0 Å². The van der Waals surface area contributed by atoms with Crippen LogP contribution in [0.25, 0.3) is 0 Å². The van der Waals surface area contributed by atoms with Crippen LogP contribution in [0.4, 0.5) is 0 Å². The lowest BCUT2D eigenvalue weighted by Gasteiger charge is -2.29. The molecule has 0 heterocycles. The Hall–Kier alpha value is -1.18. The molecule has 7 nitrogen and oxygen atoms in total. The molecule has 0 aromatic heterocycles. The number of aliphatic hydroxyl groups is 3. The van der Waals surface area contributed by atoms with E-state index >= 15 is 0 Å². The predicted molar refractivity (Wildman–Crippen MR) is 65.1 cm³/mol. The molecule has 0 fully saturated rings. The monoisotopic (exact) mass is 278 g/mol. The maximum atomic E-state index is 11.2. The summed E-state index contributed by atoms with van der Waals surface area (Å²) in [5, 5.41) is 27.4. The number of esters is 2. The summed E-state index contributed by atoms with van der Waals surface area (Å²) in [6.07, 6.45) is -2.12. The van der Waals surface area contributed by atoms with Crippen LogP contribution >= 0.6 is 0 Å². The van der Waals surface area contributed by atoms with E-state index in [1.807, 2.05) is 0 Å². The summed E-state index contributed by atoms with van der Waals surface area (Å²) in [6.45, 7) is 3.55. The zero-order valence-corrected chi connectivity index (χ0v) is 11.5. The standard InChI is InChI=1S/C12H22O7/c1-4-12(5-13,6-18-10(16)8(2)14)7-19-11(17)9(3)15/h8-9,13-15H,4-7H2,1-3H3. The highest BCUT2D eigenvalue weighted by Gasteiger charge is 2.32. The third-order valence-electron chi connectivity index (χ3n) is 2.81. The van der Waals surface area contributed by atoms with Crippen LogP contribution in [0.3, 0.4) is 0 Å². The number of hydrogen-bond donors (Lipinski definition) is 3. The normalized spacial score (nSPS) is 17.2. The quantitative estimate of drug-likeness (QED) is 0.499. The van der Waals surface area contributed by atoms with E-state index < -0.39 is 29.6 Å². The van der Waals surface area contributed by atoms with Crippen LogP contribution in [-0.4, -0.2) is 59.3 Å². The van der Waals surface area contributed by atoms with Gasteiger partial charge >= 0.3 is 11.9 Å². The number of carbonyl (C=O) groups excluding carboxylic acids is 2. The van der Waals surface area contributed by atoms with Gasteiger partial charge in [0.25, 0.3) is 0 Å². The second kappa shape index (κ2) is 8.08. The second-order valence-electron chi connectivity index (χ2n) is 4.58. The van der Waals surface area contributed by atoms with E-state index in [4.69, 9.17) is 19.7 Å². The lowest BCUT2D eigenvalue weighted by Crippen LogP contribution is -2.39. The van der Waals surface area contributed by atoms with Gasteiger partial charge in [0.15, 0.2) is 0 Å². The molecule has 0 amide bonds. The average molecular weight is 278 g/mol. The molecule has 19 heavy (non-hydrogen) atoms. The minimum absolute atomic E-state index is 0.184. The van der Waals surface area contributed by atoms with Gasteiger partial charge in [0.2, 0.25) is 0 Å². The van der Waals surface area contributed by atoms with Crippen molar-refractivity contribution in [1.29, 1.82) is 0 Å². The summed E-state index contributed by atoms with van der Waals surface area (Å²) in [7, 11) is 0. The van der Waals surface area contributed by atoms with Gasteiger partial charge in [-0.25, -0.2) is 9.59 Å². The molecule has 0 saturated heterocycles. The van der Waals surface area contributed by atoms with Gasteiger partial charge in [0.1, 0.15) is 25.4 Å². The fourth-order valence-electron chi connectivity index (χ4n) is 1.14. The van der Waals surface area contributed by atoms with Crippen molar-refractivity contribution in [2.24, 2.45) is 5.41 Å². The van der Waals surface area contributed by atoms with Gasteiger partial charge in [-0.1, -0.05) is 6.92 Å². The SMILES string of the molecule is CCC(CO)(COC(=O)C(C)O)COC(=O)C(C)O. The zero-order chi connectivity index (χ0) is 15.1. The lowest BCUT2D eigenvalue weighted by molar-refractivity contribution is -0.165. The molecule has 0 radical (unpaired) electrons. The average Bonchev–Trinajstić information content (AvgIpc) is 2.38. The predicted octanol–water partition coefficient (Wildman–Crippen LogP) is -0.777. The lowest BCUT2D eigenvalue weighted by atomic mass is 9.88. The maximum absolute atomic E-state index is 11.2. The fourth-order valence-corrected chi connectivity index (χ4v) is 1.14. The first-order chi connectivity index (χ1) is 8.78. The molecule has 0 rings (SSSR count). The summed E-state index contributed by atoms with van der Waals surface area (Å²) in [5.74, 6) is -1.62. The van der Waals surface area contributed by atoms with Gasteiger partial charge in [-0.2, -0.15) is 0 Å². The maximum Gasteiger partial charge on any atom is 0.334 e. The number of hydrogen-bond acceptors (Lipinski definition) is 7. The molecule has 0 bridgehead atoms. The first-order valence-electron chi connectivity index (χ1n) is 6.08. The number of carbonyl (C=O) groups is 2. The Balaban J connectivity index is 4.49. The zero-order valence-electron chi connectivity index (χ0n) is 11.5. The summed E-state index contributed by atoms with van der Waals surface area (Å²) in [6, 6.07) is 0. The van der Waals surface area contributed by atoms with Gasteiger partial charge in [0.05, 0.1) is 12.0 Å². The van der Waals surface area contributed by atoms with Crippen LogP contribution in [0.2, 0.25) is 0 Å². The van der Waals surface area contributed by atoms with Crippen molar-refractivity contribution in [3.05, 3.63) is 0 Å². The minimum Gasteiger partial charge on any atom is -0.463 e. The number of rotatable bonds is 8. The summed E-state index contributed by atoms with van der Waals surface area (Å²) < 4.78 is 9.68. The van der Waals surface area contributed by atoms with Crippen LogP contribution < -0.4 is 0 Å². The molecular formula is C12H22O7. The van der Waals surface area contributed by atoms with Crippen molar-refractivity contribution in [3.8, 4) is 0 Å². The van der Waals surface area contributed by atoms with Crippen molar-refractivity contribution in [2.75, 3.05) is 19.8 Å². The van der Waals surface area contributed by atoms with Crippen LogP contribution in [-0.2, 0) is 19.1 Å². The Morgan fingerprint density at radius 1 is 1.05 bits per heavy atom. The Morgan fingerprint density at radius 3 is 1.63 bits per heavy atom. The third kappa shape index (κ3) is 6.00. The van der Waals surface area contributed by atoms with Crippen molar-refractivity contribution < 1.29 is 34.4 Å². The first-order valence-corrected chi connectivity index (χ1v) is 6.08. The van der Waals surface area contributed by atoms with Gasteiger partial charge < -0.3 is 24.8 Å². The molecule has 0 aliphatic heterocycles. The van der Waals surface area contributed by atoms with Crippen molar-refractivity contribution in [2.45, 2.75) is 39.4 Å². The molecule has 2 atom stereocenters. The van der Waals surface area contributed by atoms with Gasteiger partial charge in [0, 0.05) is 0 Å². The van der Waals surface area contributed by atoms with E-state index in [2.05, 4.69) is 0 Å². The molecule has 7 heteroatoms. The third-order valence-corrected chi connectivity index (χ3v) is 2.81. The largest absolute Gasteiger partial charge is 0.463 e. The Bertz CT molecular complexity index is 268. The van der Waals surface area contributed by atoms with Gasteiger partial charge in [-0.05, 0) is 20.3 Å². The van der Waals surface area contributed by atoms with Crippen LogP contribution in [0.15, 0.2) is 0 Å². The highest BCUT2D eigenvalue weighted by Crippen LogP contribution is 2.23. The van der Waals surface area contributed by atoms with Crippen LogP contribution in [0.1, 0.15) is 27.2 Å². The number of aliphatic hydroxyl groups excluding tert-OH is 3. The molecule has 3 N–H and O–H groups in total. The van der Waals surface area contributed by atoms with Crippen LogP contribution in [0.5, 0.6) is 0 Å². The van der Waals surface area contributed by atoms with E-state index in [0.717, 1.165) is 0 Å². The topological polar surface area (TPSA) is 113 Å². The summed E-state index contributed by atoms with van der Waals surface area (Å²) >= 11 is 0. The Morgan fingerprint density at radius 2 is 1.42 bits per heavy atom.